The highest BCUT2D eigenvalue weighted by Gasteiger charge is 2.19. The van der Waals surface area contributed by atoms with Crippen molar-refractivity contribution < 1.29 is 28.6 Å². The molecule has 0 saturated heterocycles. The van der Waals surface area contributed by atoms with Gasteiger partial charge in [-0.1, -0.05) is 225 Å². The molecule has 0 aliphatic heterocycles. The molecule has 0 aromatic heterocycles. The normalized spacial score (nSPS) is 13.2. The van der Waals surface area contributed by atoms with Crippen LogP contribution in [0.2, 0.25) is 0 Å². The van der Waals surface area contributed by atoms with Crippen molar-refractivity contribution in [2.24, 2.45) is 0 Å². The van der Waals surface area contributed by atoms with Gasteiger partial charge >= 0.3 is 17.9 Å². The van der Waals surface area contributed by atoms with E-state index in [9.17, 15) is 14.4 Å². The summed E-state index contributed by atoms with van der Waals surface area (Å²) >= 11 is 0. The number of hydrogen-bond donors (Lipinski definition) is 0. The Bertz CT molecular complexity index is 1450. The molecule has 0 rings (SSSR count). The standard InChI is InChI=1S/C59H92O6/c1-4-7-10-13-16-19-22-25-27-29-30-31-33-34-37-40-43-46-49-52-58(61)64-55-56(54-63-57(60)51-48-45-42-39-36-24-21-18-15-12-9-6-3)65-59(62)53-50-47-44-41-38-35-32-28-26-23-20-17-14-11-8-5-2/h7-8,10-11,16-17,19-20,25-28,30-31,34-35,37-38,43-44,46-47,56H,4-6,9,12-15,18,21-24,29,32-33,36,39-42,45,48-55H2,1-3H3/b10-7-,11-8-,19-16-,20-17-,27-25-,28-26-,31-30-,37-34-,38-35-,46-43-,47-44-. The van der Waals surface area contributed by atoms with Gasteiger partial charge in [-0.25, -0.2) is 0 Å². The lowest BCUT2D eigenvalue weighted by Gasteiger charge is -2.18. The molecule has 0 aromatic carbocycles. The van der Waals surface area contributed by atoms with Crippen molar-refractivity contribution in [3.05, 3.63) is 134 Å². The maximum absolute atomic E-state index is 12.8. The van der Waals surface area contributed by atoms with E-state index in [2.05, 4.69) is 130 Å². The van der Waals surface area contributed by atoms with Gasteiger partial charge in [-0.3, -0.25) is 14.4 Å². The molecule has 6 heteroatoms. The smallest absolute Gasteiger partial charge is 0.306 e. The van der Waals surface area contributed by atoms with Crippen LogP contribution in [0.5, 0.6) is 0 Å². The van der Waals surface area contributed by atoms with Crippen LogP contribution < -0.4 is 0 Å². The number of carbonyl (C=O) groups excluding carboxylic acids is 3. The molecule has 0 fully saturated rings. The number of ether oxygens (including phenoxy) is 3. The lowest BCUT2D eigenvalue weighted by molar-refractivity contribution is -0.166. The summed E-state index contributed by atoms with van der Waals surface area (Å²) in [5.74, 6) is -1.12. The van der Waals surface area contributed by atoms with E-state index in [1.807, 2.05) is 24.3 Å². The van der Waals surface area contributed by atoms with Crippen molar-refractivity contribution in [1.82, 2.24) is 0 Å². The molecule has 0 heterocycles. The van der Waals surface area contributed by atoms with Gasteiger partial charge in [0.05, 0.1) is 0 Å². The van der Waals surface area contributed by atoms with Gasteiger partial charge in [0, 0.05) is 19.3 Å². The number of unbranched alkanes of at least 4 members (excludes halogenated alkanes) is 11. The Balaban J connectivity index is 4.62. The molecule has 0 N–H and O–H groups in total. The van der Waals surface area contributed by atoms with E-state index in [-0.39, 0.29) is 38.0 Å². The van der Waals surface area contributed by atoms with Crippen molar-refractivity contribution in [2.75, 3.05) is 13.2 Å². The zero-order valence-corrected chi connectivity index (χ0v) is 41.4. The Labute approximate surface area is 398 Å². The molecule has 65 heavy (non-hydrogen) atoms. The molecule has 6 nitrogen and oxygen atoms in total. The van der Waals surface area contributed by atoms with Crippen LogP contribution in [0.3, 0.4) is 0 Å². The summed E-state index contributed by atoms with van der Waals surface area (Å²) in [6.45, 7) is 6.26. The van der Waals surface area contributed by atoms with E-state index in [4.69, 9.17) is 14.2 Å². The van der Waals surface area contributed by atoms with Crippen molar-refractivity contribution in [2.45, 2.75) is 207 Å². The van der Waals surface area contributed by atoms with Gasteiger partial charge in [-0.15, -0.1) is 0 Å². The lowest BCUT2D eigenvalue weighted by Crippen LogP contribution is -2.30. The zero-order valence-electron chi connectivity index (χ0n) is 41.4. The molecule has 0 aliphatic carbocycles. The topological polar surface area (TPSA) is 78.9 Å². The van der Waals surface area contributed by atoms with Gasteiger partial charge in [0.2, 0.25) is 0 Å². The summed E-state index contributed by atoms with van der Waals surface area (Å²) in [6, 6.07) is 0. The minimum atomic E-state index is -0.850. The fourth-order valence-electron chi connectivity index (χ4n) is 6.40. The molecule has 0 aromatic rings. The molecule has 1 unspecified atom stereocenters. The summed E-state index contributed by atoms with van der Waals surface area (Å²) in [5, 5.41) is 0. The predicted molar refractivity (Wildman–Crippen MR) is 279 cm³/mol. The molecule has 0 aliphatic rings. The first-order valence-corrected chi connectivity index (χ1v) is 25.7. The number of esters is 3. The van der Waals surface area contributed by atoms with Crippen molar-refractivity contribution in [3.8, 4) is 0 Å². The number of hydrogen-bond acceptors (Lipinski definition) is 6. The SMILES string of the molecule is CC/C=C\C/C=C\C/C=C\C/C=C\C/C=C\C/C=C\CCC(=O)OCC(COC(=O)CCCCCCCCCCCCCC)OC(=O)CC/C=C\C/C=C\C/C=C\C/C=C\C/C=C\CC. The average molecular weight is 897 g/mol. The molecule has 1 atom stereocenters. The van der Waals surface area contributed by atoms with E-state index in [1.165, 1.54) is 57.8 Å². The van der Waals surface area contributed by atoms with Gasteiger partial charge in [0.15, 0.2) is 6.10 Å². The van der Waals surface area contributed by atoms with Crippen LogP contribution in [-0.4, -0.2) is 37.2 Å². The van der Waals surface area contributed by atoms with Crippen LogP contribution in [0.4, 0.5) is 0 Å². The molecule has 0 spiro atoms. The Kier molecular flexibility index (Phi) is 48.6. The first-order valence-electron chi connectivity index (χ1n) is 25.7. The average Bonchev–Trinajstić information content (AvgIpc) is 3.30. The molecule has 0 amide bonds. The molecule has 0 bridgehead atoms. The minimum Gasteiger partial charge on any atom is -0.462 e. The maximum atomic E-state index is 12.8. The van der Waals surface area contributed by atoms with E-state index >= 15 is 0 Å². The third-order valence-corrected chi connectivity index (χ3v) is 10.2. The van der Waals surface area contributed by atoms with E-state index in [0.29, 0.717) is 19.3 Å². The second kappa shape index (κ2) is 52.2. The number of allylic oxidation sites excluding steroid dienone is 22. The Morgan fingerprint density at radius 3 is 0.938 bits per heavy atom. The fourth-order valence-corrected chi connectivity index (χ4v) is 6.40. The first kappa shape index (κ1) is 60.5. The van der Waals surface area contributed by atoms with Gasteiger partial charge < -0.3 is 14.2 Å². The highest BCUT2D eigenvalue weighted by molar-refractivity contribution is 5.71. The quantitative estimate of drug-likeness (QED) is 0.0262. The van der Waals surface area contributed by atoms with Crippen molar-refractivity contribution in [3.63, 3.8) is 0 Å². The predicted octanol–water partition coefficient (Wildman–Crippen LogP) is 17.1. The van der Waals surface area contributed by atoms with Crippen LogP contribution in [-0.2, 0) is 28.6 Å². The zero-order chi connectivity index (χ0) is 47.2. The fraction of sp³-hybridized carbons (Fsp3) is 0.576. The largest absolute Gasteiger partial charge is 0.462 e. The van der Waals surface area contributed by atoms with Gasteiger partial charge in [0.25, 0.3) is 0 Å². The van der Waals surface area contributed by atoms with Gasteiger partial charge in [0.1, 0.15) is 13.2 Å². The third kappa shape index (κ3) is 50.4. The molecular formula is C59H92O6. The third-order valence-electron chi connectivity index (χ3n) is 10.2. The van der Waals surface area contributed by atoms with Crippen LogP contribution in [0.1, 0.15) is 201 Å². The minimum absolute atomic E-state index is 0.134. The van der Waals surface area contributed by atoms with Crippen molar-refractivity contribution in [1.29, 1.82) is 0 Å². The Morgan fingerprint density at radius 1 is 0.323 bits per heavy atom. The van der Waals surface area contributed by atoms with E-state index < -0.39 is 12.1 Å². The van der Waals surface area contributed by atoms with Crippen LogP contribution in [0.15, 0.2) is 134 Å². The van der Waals surface area contributed by atoms with Crippen molar-refractivity contribution >= 4 is 17.9 Å². The maximum Gasteiger partial charge on any atom is 0.306 e. The summed E-state index contributed by atoms with van der Waals surface area (Å²) in [7, 11) is 0. The summed E-state index contributed by atoms with van der Waals surface area (Å²) < 4.78 is 16.6. The lowest BCUT2D eigenvalue weighted by atomic mass is 10.0. The highest BCUT2D eigenvalue weighted by atomic mass is 16.6. The second-order valence-corrected chi connectivity index (χ2v) is 16.3. The second-order valence-electron chi connectivity index (χ2n) is 16.3. The van der Waals surface area contributed by atoms with Crippen LogP contribution in [0.25, 0.3) is 0 Å². The van der Waals surface area contributed by atoms with E-state index in [0.717, 1.165) is 89.9 Å². The summed E-state index contributed by atoms with van der Waals surface area (Å²) in [5.41, 5.74) is 0. The number of carbonyl (C=O) groups is 3. The summed E-state index contributed by atoms with van der Waals surface area (Å²) in [4.78, 5) is 37.9. The number of rotatable bonds is 44. The summed E-state index contributed by atoms with van der Waals surface area (Å²) in [6.07, 6.45) is 73.2. The van der Waals surface area contributed by atoms with Gasteiger partial charge in [-0.2, -0.15) is 0 Å². The van der Waals surface area contributed by atoms with Crippen LogP contribution in [0, 0.1) is 0 Å². The molecule has 0 radical (unpaired) electrons. The van der Waals surface area contributed by atoms with E-state index in [1.54, 1.807) is 0 Å². The molecular weight excluding hydrogens is 805 g/mol. The monoisotopic (exact) mass is 897 g/mol. The first-order chi connectivity index (χ1) is 32.0. The molecule has 0 saturated carbocycles. The Morgan fingerprint density at radius 2 is 0.600 bits per heavy atom. The molecule has 364 valence electrons. The van der Waals surface area contributed by atoms with Crippen LogP contribution >= 0.6 is 0 Å². The van der Waals surface area contributed by atoms with Gasteiger partial charge in [-0.05, 0) is 89.9 Å². The highest BCUT2D eigenvalue weighted by Crippen LogP contribution is 2.13. The Hall–Kier alpha value is -4.45.